The van der Waals surface area contributed by atoms with Crippen molar-refractivity contribution in [3.05, 3.63) is 23.5 Å². The maximum absolute atomic E-state index is 11.5. The van der Waals surface area contributed by atoms with Crippen LogP contribution in [0.4, 0.5) is 0 Å². The Morgan fingerprint density at radius 1 is 1.59 bits per heavy atom. The minimum atomic E-state index is -0.218. The first-order valence-corrected chi connectivity index (χ1v) is 5.33. The minimum absolute atomic E-state index is 0.00659. The molecule has 0 unspecified atom stereocenters. The fraction of sp³-hybridized carbons (Fsp3) is 0.455. The van der Waals surface area contributed by atoms with Gasteiger partial charge in [-0.1, -0.05) is 0 Å². The van der Waals surface area contributed by atoms with E-state index in [4.69, 9.17) is 15.1 Å². The maximum atomic E-state index is 11.5. The number of hydrogen-bond acceptors (Lipinski definition) is 4. The summed E-state index contributed by atoms with van der Waals surface area (Å²) in [6, 6.07) is 3.41. The van der Waals surface area contributed by atoms with Gasteiger partial charge in [0.15, 0.2) is 0 Å². The van der Waals surface area contributed by atoms with Crippen molar-refractivity contribution in [2.75, 3.05) is 26.4 Å². The van der Waals surface area contributed by atoms with Crippen molar-refractivity contribution in [1.82, 2.24) is 10.3 Å². The number of hydrogen-bond donors (Lipinski definition) is 3. The van der Waals surface area contributed by atoms with Crippen LogP contribution in [-0.4, -0.2) is 42.4 Å². The number of nitriles is 1. The lowest BCUT2D eigenvalue weighted by molar-refractivity contribution is 0.0867. The van der Waals surface area contributed by atoms with Gasteiger partial charge in [-0.3, -0.25) is 4.79 Å². The van der Waals surface area contributed by atoms with Gasteiger partial charge >= 0.3 is 0 Å². The fourth-order valence-electron chi connectivity index (χ4n) is 1.23. The van der Waals surface area contributed by atoms with Gasteiger partial charge in [-0.25, -0.2) is 0 Å². The number of nitrogens with one attached hydrogen (secondary N) is 2. The summed E-state index contributed by atoms with van der Waals surface area (Å²) in [6.07, 6.45) is 2.18. The average Bonchev–Trinajstić information content (AvgIpc) is 2.82. The van der Waals surface area contributed by atoms with E-state index in [1.165, 1.54) is 12.3 Å². The van der Waals surface area contributed by atoms with E-state index in [0.29, 0.717) is 37.4 Å². The van der Waals surface area contributed by atoms with Crippen LogP contribution in [0.3, 0.4) is 0 Å². The van der Waals surface area contributed by atoms with E-state index in [-0.39, 0.29) is 12.5 Å². The summed E-state index contributed by atoms with van der Waals surface area (Å²) in [5.74, 6) is -0.218. The average molecular weight is 237 g/mol. The van der Waals surface area contributed by atoms with E-state index in [0.717, 1.165) is 0 Å². The molecule has 6 nitrogen and oxygen atoms in total. The fourth-order valence-corrected chi connectivity index (χ4v) is 1.23. The molecule has 92 valence electrons. The van der Waals surface area contributed by atoms with Crippen LogP contribution < -0.4 is 5.32 Å². The van der Waals surface area contributed by atoms with E-state index in [9.17, 15) is 4.79 Å². The molecule has 0 saturated heterocycles. The topological polar surface area (TPSA) is 98.1 Å². The smallest absolute Gasteiger partial charge is 0.252 e. The van der Waals surface area contributed by atoms with Gasteiger partial charge in [-0.05, 0) is 12.5 Å². The first-order chi connectivity index (χ1) is 8.27. The van der Waals surface area contributed by atoms with Crippen molar-refractivity contribution in [1.29, 1.82) is 5.26 Å². The van der Waals surface area contributed by atoms with Gasteiger partial charge in [0.2, 0.25) is 0 Å². The molecule has 0 bridgehead atoms. The number of aliphatic hydroxyl groups is 1. The summed E-state index contributed by atoms with van der Waals surface area (Å²) in [6.45, 7) is 1.32. The van der Waals surface area contributed by atoms with Crippen molar-refractivity contribution in [3.8, 4) is 6.07 Å². The van der Waals surface area contributed by atoms with E-state index in [1.807, 2.05) is 6.07 Å². The molecule has 1 amide bonds. The third-order valence-corrected chi connectivity index (χ3v) is 2.05. The molecule has 0 aliphatic rings. The molecule has 0 radical (unpaired) electrons. The summed E-state index contributed by atoms with van der Waals surface area (Å²) in [5, 5.41) is 19.7. The number of carbonyl (C=O) groups is 1. The SMILES string of the molecule is N#Cc1cc(C(=O)NCCCOCCO)c[nH]1. The molecule has 17 heavy (non-hydrogen) atoms. The van der Waals surface area contributed by atoms with Gasteiger partial charge < -0.3 is 20.1 Å². The van der Waals surface area contributed by atoms with Gasteiger partial charge in [-0.15, -0.1) is 0 Å². The van der Waals surface area contributed by atoms with Crippen LogP contribution in [0.25, 0.3) is 0 Å². The minimum Gasteiger partial charge on any atom is -0.394 e. The zero-order valence-electron chi connectivity index (χ0n) is 9.40. The molecule has 0 spiro atoms. The number of carbonyl (C=O) groups excluding carboxylic acids is 1. The Morgan fingerprint density at radius 3 is 3.06 bits per heavy atom. The van der Waals surface area contributed by atoms with Crippen LogP contribution in [-0.2, 0) is 4.74 Å². The maximum Gasteiger partial charge on any atom is 0.252 e. The molecule has 1 heterocycles. The summed E-state index contributed by atoms with van der Waals surface area (Å²) >= 11 is 0. The summed E-state index contributed by atoms with van der Waals surface area (Å²) in [5.41, 5.74) is 0.805. The van der Waals surface area contributed by atoms with Crippen LogP contribution in [0.2, 0.25) is 0 Å². The number of rotatable bonds is 7. The van der Waals surface area contributed by atoms with Gasteiger partial charge in [0, 0.05) is 19.3 Å². The van der Waals surface area contributed by atoms with Gasteiger partial charge in [0.25, 0.3) is 5.91 Å². The van der Waals surface area contributed by atoms with Gasteiger partial charge in [0.1, 0.15) is 11.8 Å². The largest absolute Gasteiger partial charge is 0.394 e. The van der Waals surface area contributed by atoms with Crippen molar-refractivity contribution >= 4 is 5.91 Å². The number of H-pyrrole nitrogens is 1. The first-order valence-electron chi connectivity index (χ1n) is 5.33. The number of nitrogens with zero attached hydrogens (tertiary/aromatic N) is 1. The predicted molar refractivity (Wildman–Crippen MR) is 60.4 cm³/mol. The molecular formula is C11H15N3O3. The van der Waals surface area contributed by atoms with Crippen LogP contribution in [0.15, 0.2) is 12.3 Å². The Labute approximate surface area is 99.2 Å². The van der Waals surface area contributed by atoms with E-state index >= 15 is 0 Å². The zero-order valence-corrected chi connectivity index (χ0v) is 9.40. The molecule has 0 aliphatic carbocycles. The van der Waals surface area contributed by atoms with Crippen LogP contribution in [0.1, 0.15) is 22.5 Å². The van der Waals surface area contributed by atoms with Gasteiger partial charge in [-0.2, -0.15) is 5.26 Å². The monoisotopic (exact) mass is 237 g/mol. The predicted octanol–water partition coefficient (Wildman–Crippen LogP) is 0.0152. The van der Waals surface area contributed by atoms with Crippen molar-refractivity contribution in [3.63, 3.8) is 0 Å². The van der Waals surface area contributed by atoms with Crippen LogP contribution in [0, 0.1) is 11.3 Å². The molecule has 1 aromatic heterocycles. The third-order valence-electron chi connectivity index (χ3n) is 2.05. The molecule has 0 fully saturated rings. The lowest BCUT2D eigenvalue weighted by Gasteiger charge is -2.04. The van der Waals surface area contributed by atoms with Gasteiger partial charge in [0.05, 0.1) is 18.8 Å². The number of aliphatic hydroxyl groups excluding tert-OH is 1. The first kappa shape index (κ1) is 13.2. The molecule has 1 rings (SSSR count). The van der Waals surface area contributed by atoms with Crippen molar-refractivity contribution in [2.45, 2.75) is 6.42 Å². The molecule has 0 aliphatic heterocycles. The lowest BCUT2D eigenvalue weighted by Crippen LogP contribution is -2.25. The third kappa shape index (κ3) is 4.68. The Morgan fingerprint density at radius 2 is 2.41 bits per heavy atom. The van der Waals surface area contributed by atoms with Crippen molar-refractivity contribution < 1.29 is 14.6 Å². The number of ether oxygens (including phenoxy) is 1. The van der Waals surface area contributed by atoms with Crippen LogP contribution >= 0.6 is 0 Å². The highest BCUT2D eigenvalue weighted by Crippen LogP contribution is 2.01. The Kier molecular flexibility index (Phi) is 5.79. The molecular weight excluding hydrogens is 222 g/mol. The van der Waals surface area contributed by atoms with Crippen molar-refractivity contribution in [2.24, 2.45) is 0 Å². The molecule has 1 aromatic rings. The van der Waals surface area contributed by atoms with E-state index in [2.05, 4.69) is 10.3 Å². The normalized spacial score (nSPS) is 9.88. The highest BCUT2D eigenvalue weighted by atomic mass is 16.5. The molecule has 0 atom stereocenters. The second-order valence-corrected chi connectivity index (χ2v) is 3.36. The number of aromatic nitrogens is 1. The lowest BCUT2D eigenvalue weighted by atomic mass is 10.3. The van der Waals surface area contributed by atoms with E-state index < -0.39 is 0 Å². The zero-order chi connectivity index (χ0) is 12.5. The number of aromatic amines is 1. The Bertz CT molecular complexity index is 395. The van der Waals surface area contributed by atoms with Crippen LogP contribution in [0.5, 0.6) is 0 Å². The molecule has 0 aromatic carbocycles. The highest BCUT2D eigenvalue weighted by molar-refractivity contribution is 5.94. The standard InChI is InChI=1S/C11H15N3O3/c12-7-10-6-9(8-14-10)11(16)13-2-1-4-17-5-3-15/h6,8,14-15H,1-5H2,(H,13,16). The number of amides is 1. The Balaban J connectivity index is 2.19. The Hall–Kier alpha value is -1.84. The second-order valence-electron chi connectivity index (χ2n) is 3.36. The highest BCUT2D eigenvalue weighted by Gasteiger charge is 2.06. The summed E-state index contributed by atoms with van der Waals surface area (Å²) < 4.78 is 5.04. The quantitative estimate of drug-likeness (QED) is 0.582. The van der Waals surface area contributed by atoms with E-state index in [1.54, 1.807) is 0 Å². The summed E-state index contributed by atoms with van der Waals surface area (Å²) in [7, 11) is 0. The second kappa shape index (κ2) is 7.44. The molecule has 6 heteroatoms. The summed E-state index contributed by atoms with van der Waals surface area (Å²) in [4.78, 5) is 14.2. The molecule has 3 N–H and O–H groups in total. The molecule has 0 saturated carbocycles.